The van der Waals surface area contributed by atoms with E-state index in [9.17, 15) is 4.79 Å². The average molecular weight is 923 g/mol. The molecule has 2 aliphatic carbocycles. The molecule has 8 fully saturated rings. The minimum Gasteiger partial charge on any atom is -0.490 e. The van der Waals surface area contributed by atoms with Gasteiger partial charge in [0.1, 0.15) is 24.1 Å². The van der Waals surface area contributed by atoms with Gasteiger partial charge in [-0.2, -0.15) is 15.7 Å². The summed E-state index contributed by atoms with van der Waals surface area (Å²) in [5, 5.41) is 25.6. The molecule has 14 nitrogen and oxygen atoms in total. The Morgan fingerprint density at radius 3 is 2.59 bits per heavy atom. The zero-order valence-corrected chi connectivity index (χ0v) is 40.3. The molecule has 16 heteroatoms. The van der Waals surface area contributed by atoms with E-state index in [1.54, 1.807) is 17.0 Å². The molecule has 7 heterocycles. The molecule has 1 aromatic rings. The highest BCUT2D eigenvalue weighted by Crippen LogP contribution is 2.54. The molecule has 0 aromatic heterocycles. The molecular formula is C48H76ClN11O3S. The van der Waals surface area contributed by atoms with Crippen LogP contribution in [-0.2, 0) is 9.53 Å². The van der Waals surface area contributed by atoms with Crippen LogP contribution in [0, 0.1) is 40.4 Å². The van der Waals surface area contributed by atoms with Gasteiger partial charge in [0.25, 0.3) is 0 Å². The summed E-state index contributed by atoms with van der Waals surface area (Å²) in [4.78, 5) is 20.6. The van der Waals surface area contributed by atoms with Crippen LogP contribution in [0.2, 0.25) is 5.02 Å². The average Bonchev–Trinajstić information content (AvgIpc) is 3.98. The quantitative estimate of drug-likeness (QED) is 0.157. The smallest absolute Gasteiger partial charge is 0.238 e. The third-order valence-corrected chi connectivity index (χ3v) is 20.4. The molecule has 13 atom stereocenters. The number of nitrogens with zero attached hydrogens (tertiary/aromatic N) is 3. The Balaban J connectivity index is 0.665. The van der Waals surface area contributed by atoms with E-state index in [4.69, 9.17) is 26.3 Å². The minimum absolute atomic E-state index is 0.0852. The molecule has 6 saturated heterocycles. The van der Waals surface area contributed by atoms with E-state index in [1.807, 2.05) is 6.07 Å². The fraction of sp³-hybridized carbons (Fsp3) is 0.812. The lowest BCUT2D eigenvalue weighted by molar-refractivity contribution is -0.126. The number of hydrazine groups is 2. The van der Waals surface area contributed by atoms with Crippen LogP contribution in [0.3, 0.4) is 0 Å². The summed E-state index contributed by atoms with van der Waals surface area (Å²) >= 11 is 6.21. The molecule has 64 heavy (non-hydrogen) atoms. The normalized spacial score (nSPS) is 44.1. The van der Waals surface area contributed by atoms with Gasteiger partial charge < -0.3 is 25.4 Å². The maximum Gasteiger partial charge on any atom is 0.238 e. The number of hydrogen-bond acceptors (Lipinski definition) is 13. The Bertz CT molecular complexity index is 1890. The van der Waals surface area contributed by atoms with E-state index in [1.165, 1.54) is 51.5 Å². The second kappa shape index (κ2) is 19.6. The Kier molecular flexibility index (Phi) is 14.0. The number of likely N-dealkylation sites (tertiary alicyclic amines) is 1. The lowest BCUT2D eigenvalue weighted by Crippen LogP contribution is -2.65. The summed E-state index contributed by atoms with van der Waals surface area (Å²) in [5.74, 6) is 3.57. The molecule has 1 aromatic carbocycles. The first kappa shape index (κ1) is 45.9. The summed E-state index contributed by atoms with van der Waals surface area (Å²) in [5.41, 5.74) is 15.3. The monoisotopic (exact) mass is 922 g/mol. The van der Waals surface area contributed by atoms with Crippen molar-refractivity contribution in [2.24, 2.45) is 29.1 Å². The van der Waals surface area contributed by atoms with Crippen LogP contribution in [0.15, 0.2) is 18.2 Å². The van der Waals surface area contributed by atoms with E-state index in [2.05, 4.69) is 85.9 Å². The van der Waals surface area contributed by atoms with Crippen LogP contribution in [0.4, 0.5) is 0 Å². The van der Waals surface area contributed by atoms with Crippen molar-refractivity contribution in [3.05, 3.63) is 28.8 Å². The summed E-state index contributed by atoms with van der Waals surface area (Å²) in [7, 11) is 0.229. The highest BCUT2D eigenvalue weighted by Gasteiger charge is 2.55. The first-order valence-electron chi connectivity index (χ1n) is 25.1. The molecule has 1 amide bonds. The maximum atomic E-state index is 13.4. The molecule has 7 aliphatic heterocycles. The van der Waals surface area contributed by atoms with Gasteiger partial charge in [0.15, 0.2) is 0 Å². The largest absolute Gasteiger partial charge is 0.490 e. The zero-order valence-electron chi connectivity index (χ0n) is 38.7. The van der Waals surface area contributed by atoms with Crippen molar-refractivity contribution >= 4 is 32.9 Å². The Labute approximate surface area is 389 Å². The van der Waals surface area contributed by atoms with Crippen molar-refractivity contribution in [1.29, 1.82) is 5.26 Å². The lowest BCUT2D eigenvalue weighted by Gasteiger charge is -2.55. The predicted molar refractivity (Wildman–Crippen MR) is 254 cm³/mol. The summed E-state index contributed by atoms with van der Waals surface area (Å²) < 4.78 is 12.3. The molecule has 354 valence electrons. The van der Waals surface area contributed by atoms with Crippen LogP contribution in [0.1, 0.15) is 116 Å². The first-order chi connectivity index (χ1) is 31.0. The molecule has 12 unspecified atom stereocenters. The number of halogens is 1. The number of carbonyl (C=O) groups is 1. The summed E-state index contributed by atoms with van der Waals surface area (Å²) in [6.07, 6.45) is 19.2. The van der Waals surface area contributed by atoms with Crippen molar-refractivity contribution in [3.8, 4) is 11.8 Å². The van der Waals surface area contributed by atoms with Crippen LogP contribution in [0.5, 0.6) is 5.75 Å². The van der Waals surface area contributed by atoms with Gasteiger partial charge in [0, 0.05) is 55.7 Å². The van der Waals surface area contributed by atoms with Crippen molar-refractivity contribution in [2.75, 3.05) is 39.0 Å². The van der Waals surface area contributed by atoms with Gasteiger partial charge in [0.05, 0.1) is 47.2 Å². The third-order valence-electron chi connectivity index (χ3n) is 17.5. The molecular weight excluding hydrogens is 846 g/mol. The van der Waals surface area contributed by atoms with Gasteiger partial charge in [0.2, 0.25) is 5.91 Å². The number of piperidine rings is 2. The number of nitriles is 1. The molecule has 8 N–H and O–H groups in total. The third kappa shape index (κ3) is 9.44. The maximum absolute atomic E-state index is 13.4. The second-order valence-corrected chi connectivity index (χ2v) is 24.1. The van der Waals surface area contributed by atoms with E-state index >= 15 is 0 Å². The highest BCUT2D eigenvalue weighted by molar-refractivity contribution is 8.16. The first-order valence-corrected chi connectivity index (χ1v) is 27.1. The van der Waals surface area contributed by atoms with Gasteiger partial charge in [-0.15, -0.1) is 0 Å². The van der Waals surface area contributed by atoms with Gasteiger partial charge >= 0.3 is 0 Å². The fourth-order valence-corrected chi connectivity index (χ4v) is 16.9. The lowest BCUT2D eigenvalue weighted by atomic mass is 9.56. The van der Waals surface area contributed by atoms with Crippen molar-refractivity contribution < 1.29 is 14.3 Å². The van der Waals surface area contributed by atoms with Crippen LogP contribution < -0.4 is 47.7 Å². The van der Waals surface area contributed by atoms with E-state index in [0.717, 1.165) is 83.0 Å². The standard InChI is InChI=1S/C48H76ClN11O3S/c1-28-29(2)64(4)47-43(28)44(54-40(22-42-51-17-19-62-42)45-58-55-30(3)60(45)47)38-13-6-31(26-52-38)20-32-23-48(24-32)16-5-18-59(27-48)41-15-14-39(56-57-41)46(61)53-34-8-11-35(12-9-34)63-36-10-7-33(25-50)37(49)21-36/h7,10,21,28,30-32,34-35,38-45,47,51-52,54-58H,5-6,8-9,11-20,22-24,26-27H2,1-4H3,(H,53,61)/t28?,30?,31?,32?,34?,35?,38?,39?,40-,41?,42?,43?,44?,45?,47?,48?,64?/m0/s1. The molecule has 2 saturated carbocycles. The van der Waals surface area contributed by atoms with Gasteiger partial charge in [-0.05, 0) is 157 Å². The molecule has 0 bridgehead atoms. The SMILES string of the molecule is CC1=S(C)C2C(C1C)C(C1CCC(CC3CC4(CCCN(C5CCC(C(=O)NC6CCC(Oc7ccc(C#N)c(Cl)c7)CC6)NN5)C4)C3)CN1)N[C@@H](CC1NCCO1)C1NNC(C)N12. The Morgan fingerprint density at radius 1 is 1.03 bits per heavy atom. The Hall–Kier alpha value is -1.91. The van der Waals surface area contributed by atoms with Gasteiger partial charge in [-0.1, -0.05) is 18.5 Å². The molecule has 10 rings (SSSR count). The molecule has 9 aliphatic rings. The fourth-order valence-electron chi connectivity index (χ4n) is 14.0. The number of fused-ring (bicyclic) bond motifs is 3. The minimum atomic E-state index is -0.213. The topological polar surface area (TPSA) is 162 Å². The number of benzene rings is 1. The number of ether oxygens (including phenoxy) is 2. The van der Waals surface area contributed by atoms with Crippen LogP contribution in [0.25, 0.3) is 0 Å². The highest BCUT2D eigenvalue weighted by atomic mass is 35.5. The number of rotatable bonds is 10. The van der Waals surface area contributed by atoms with Gasteiger partial charge in [-0.3, -0.25) is 19.9 Å². The predicted octanol–water partition coefficient (Wildman–Crippen LogP) is 4.29. The molecule has 1 spiro atoms. The second-order valence-electron chi connectivity index (χ2n) is 21.5. The summed E-state index contributed by atoms with van der Waals surface area (Å²) in [6, 6.07) is 8.49. The van der Waals surface area contributed by atoms with Crippen LogP contribution in [-0.4, -0.2) is 126 Å². The van der Waals surface area contributed by atoms with E-state index in [-0.39, 0.29) is 53.1 Å². The van der Waals surface area contributed by atoms with E-state index in [0.29, 0.717) is 63.3 Å². The summed E-state index contributed by atoms with van der Waals surface area (Å²) in [6.45, 7) is 12.5. The Morgan fingerprint density at radius 2 is 1.88 bits per heavy atom. The van der Waals surface area contributed by atoms with Crippen LogP contribution >= 0.6 is 22.1 Å². The van der Waals surface area contributed by atoms with Gasteiger partial charge in [-0.25, -0.2) is 21.7 Å². The number of nitrogens with one attached hydrogen (secondary N) is 8. The number of hydrogen-bond donors (Lipinski definition) is 8. The van der Waals surface area contributed by atoms with E-state index < -0.39 is 0 Å². The molecule has 0 radical (unpaired) electrons. The zero-order chi connectivity index (χ0) is 44.1. The number of carbonyl (C=O) groups excluding carboxylic acids is 1. The number of amides is 1. The van der Waals surface area contributed by atoms with Crippen molar-refractivity contribution in [3.63, 3.8) is 0 Å². The van der Waals surface area contributed by atoms with Crippen molar-refractivity contribution in [2.45, 2.75) is 177 Å². The van der Waals surface area contributed by atoms with Crippen molar-refractivity contribution in [1.82, 2.24) is 52.8 Å².